The van der Waals surface area contributed by atoms with E-state index < -0.39 is 16.9 Å². The van der Waals surface area contributed by atoms with Gasteiger partial charge in [-0.25, -0.2) is 0 Å². The summed E-state index contributed by atoms with van der Waals surface area (Å²) >= 11 is 0. The van der Waals surface area contributed by atoms with Gasteiger partial charge in [-0.15, -0.1) is 0 Å². The lowest BCUT2D eigenvalue weighted by Gasteiger charge is -2.12. The monoisotopic (exact) mass is 326 g/mol. The van der Waals surface area contributed by atoms with E-state index >= 15 is 0 Å². The third kappa shape index (κ3) is 4.18. The fourth-order valence-electron chi connectivity index (χ4n) is 2.34. The third-order valence-electron chi connectivity index (χ3n) is 3.51. The Morgan fingerprint density at radius 3 is 2.39 bits per heavy atom. The van der Waals surface area contributed by atoms with Crippen LogP contribution in [0.25, 0.3) is 10.8 Å². The molecule has 0 fully saturated rings. The number of hydrogen-bond donors (Lipinski definition) is 1. The van der Waals surface area contributed by atoms with E-state index in [-0.39, 0.29) is 12.4 Å². The standard InChI is InChI=1S/C19H18O3S/c20-17(14-23(21)19-8-2-1-3-9-19)13-22-18-11-10-15-6-4-5-7-16(15)12-18/h1-12,17,20H,13-14H2. The molecule has 0 bridgehead atoms. The van der Waals surface area contributed by atoms with Gasteiger partial charge in [-0.3, -0.25) is 4.21 Å². The highest BCUT2D eigenvalue weighted by Crippen LogP contribution is 2.20. The zero-order valence-electron chi connectivity index (χ0n) is 12.6. The highest BCUT2D eigenvalue weighted by Gasteiger charge is 2.12. The molecule has 3 nitrogen and oxygen atoms in total. The van der Waals surface area contributed by atoms with Crippen LogP contribution in [0.4, 0.5) is 0 Å². The molecule has 0 heterocycles. The summed E-state index contributed by atoms with van der Waals surface area (Å²) in [6, 6.07) is 23.0. The summed E-state index contributed by atoms with van der Waals surface area (Å²) in [5.74, 6) is 0.866. The summed E-state index contributed by atoms with van der Waals surface area (Å²) in [4.78, 5) is 0.720. The molecule has 0 aliphatic carbocycles. The predicted molar refractivity (Wildman–Crippen MR) is 93.2 cm³/mol. The Kier molecular flexibility index (Phi) is 5.05. The summed E-state index contributed by atoms with van der Waals surface area (Å²) in [7, 11) is -1.22. The Hall–Kier alpha value is -2.17. The van der Waals surface area contributed by atoms with Crippen molar-refractivity contribution in [3.8, 4) is 5.75 Å². The molecule has 0 saturated heterocycles. The molecular formula is C19H18O3S. The van der Waals surface area contributed by atoms with Crippen LogP contribution in [0, 0.1) is 0 Å². The molecule has 2 atom stereocenters. The molecule has 0 radical (unpaired) electrons. The molecule has 23 heavy (non-hydrogen) atoms. The van der Waals surface area contributed by atoms with E-state index in [1.54, 1.807) is 12.1 Å². The molecule has 4 heteroatoms. The fourth-order valence-corrected chi connectivity index (χ4v) is 3.44. The van der Waals surface area contributed by atoms with Crippen LogP contribution >= 0.6 is 0 Å². The molecule has 0 spiro atoms. The SMILES string of the molecule is O=S(CC(O)COc1ccc2ccccc2c1)c1ccccc1. The smallest absolute Gasteiger partial charge is 0.120 e. The lowest BCUT2D eigenvalue weighted by atomic mass is 10.1. The van der Waals surface area contributed by atoms with Gasteiger partial charge in [-0.1, -0.05) is 48.5 Å². The van der Waals surface area contributed by atoms with Gasteiger partial charge in [0.1, 0.15) is 12.4 Å². The summed E-state index contributed by atoms with van der Waals surface area (Å²) < 4.78 is 17.8. The number of rotatable bonds is 6. The van der Waals surface area contributed by atoms with E-state index in [0.717, 1.165) is 15.7 Å². The summed E-state index contributed by atoms with van der Waals surface area (Å²) in [5.41, 5.74) is 0. The van der Waals surface area contributed by atoms with Crippen LogP contribution in [0.15, 0.2) is 77.7 Å². The Morgan fingerprint density at radius 2 is 1.61 bits per heavy atom. The van der Waals surface area contributed by atoms with Crippen LogP contribution in [0.1, 0.15) is 0 Å². The van der Waals surface area contributed by atoms with Crippen LogP contribution in [-0.4, -0.2) is 27.8 Å². The maximum atomic E-state index is 12.1. The minimum Gasteiger partial charge on any atom is -0.491 e. The van der Waals surface area contributed by atoms with Crippen molar-refractivity contribution in [3.05, 3.63) is 72.8 Å². The molecule has 0 aliphatic heterocycles. The van der Waals surface area contributed by atoms with Gasteiger partial charge in [0.15, 0.2) is 0 Å². The Morgan fingerprint density at radius 1 is 0.913 bits per heavy atom. The van der Waals surface area contributed by atoms with E-state index in [4.69, 9.17) is 4.74 Å². The first kappa shape index (κ1) is 15.7. The normalized spacial score (nSPS) is 13.6. The first-order valence-electron chi connectivity index (χ1n) is 7.45. The van der Waals surface area contributed by atoms with Crippen LogP contribution in [0.3, 0.4) is 0 Å². The molecule has 118 valence electrons. The van der Waals surface area contributed by atoms with Crippen molar-refractivity contribution in [1.29, 1.82) is 0 Å². The fraction of sp³-hybridized carbons (Fsp3) is 0.158. The zero-order chi connectivity index (χ0) is 16.1. The second kappa shape index (κ2) is 7.40. The Balaban J connectivity index is 1.57. The average Bonchev–Trinajstić information content (AvgIpc) is 2.60. The largest absolute Gasteiger partial charge is 0.491 e. The highest BCUT2D eigenvalue weighted by molar-refractivity contribution is 7.85. The molecule has 3 rings (SSSR count). The van der Waals surface area contributed by atoms with Crippen LogP contribution < -0.4 is 4.74 Å². The number of ether oxygens (including phenoxy) is 1. The minimum atomic E-state index is -1.22. The quantitative estimate of drug-likeness (QED) is 0.755. The van der Waals surface area contributed by atoms with Gasteiger partial charge in [0, 0.05) is 4.90 Å². The maximum Gasteiger partial charge on any atom is 0.120 e. The maximum absolute atomic E-state index is 12.1. The van der Waals surface area contributed by atoms with E-state index in [0.29, 0.717) is 5.75 Å². The van der Waals surface area contributed by atoms with Gasteiger partial charge in [-0.2, -0.15) is 0 Å². The van der Waals surface area contributed by atoms with Crippen LogP contribution in [-0.2, 0) is 10.8 Å². The summed E-state index contributed by atoms with van der Waals surface area (Å²) in [6.07, 6.45) is -0.775. The van der Waals surface area contributed by atoms with Crippen molar-refractivity contribution >= 4 is 21.6 Å². The first-order chi connectivity index (χ1) is 11.2. The zero-order valence-corrected chi connectivity index (χ0v) is 13.4. The lowest BCUT2D eigenvalue weighted by molar-refractivity contribution is 0.125. The number of hydrogen-bond acceptors (Lipinski definition) is 3. The van der Waals surface area contributed by atoms with Crippen LogP contribution in [0.2, 0.25) is 0 Å². The van der Waals surface area contributed by atoms with Crippen LogP contribution in [0.5, 0.6) is 5.75 Å². The van der Waals surface area contributed by atoms with Gasteiger partial charge < -0.3 is 9.84 Å². The predicted octanol–water partition coefficient (Wildman–Crippen LogP) is 3.39. The molecule has 3 aromatic rings. The van der Waals surface area contributed by atoms with Crippen molar-refractivity contribution in [1.82, 2.24) is 0 Å². The Bertz CT molecular complexity index is 802. The Labute approximate surface area is 138 Å². The van der Waals surface area contributed by atoms with E-state index in [1.165, 1.54) is 0 Å². The molecule has 0 aromatic heterocycles. The van der Waals surface area contributed by atoms with Gasteiger partial charge in [0.25, 0.3) is 0 Å². The molecule has 3 aromatic carbocycles. The summed E-state index contributed by atoms with van der Waals surface area (Å²) in [5, 5.41) is 12.3. The van der Waals surface area contributed by atoms with E-state index in [9.17, 15) is 9.32 Å². The number of aliphatic hydroxyl groups excluding tert-OH is 1. The third-order valence-corrected chi connectivity index (χ3v) is 5.00. The summed E-state index contributed by atoms with van der Waals surface area (Å²) in [6.45, 7) is 0.122. The van der Waals surface area contributed by atoms with Crippen molar-refractivity contribution in [2.45, 2.75) is 11.0 Å². The second-order valence-electron chi connectivity index (χ2n) is 5.30. The number of benzene rings is 3. The van der Waals surface area contributed by atoms with Crippen molar-refractivity contribution < 1.29 is 14.1 Å². The van der Waals surface area contributed by atoms with E-state index in [2.05, 4.69) is 0 Å². The van der Waals surface area contributed by atoms with Gasteiger partial charge >= 0.3 is 0 Å². The molecule has 1 N–H and O–H groups in total. The van der Waals surface area contributed by atoms with E-state index in [1.807, 2.05) is 60.7 Å². The van der Waals surface area contributed by atoms with Gasteiger partial charge in [0.2, 0.25) is 0 Å². The molecule has 0 aliphatic rings. The topological polar surface area (TPSA) is 46.5 Å². The number of aliphatic hydroxyl groups is 1. The van der Waals surface area contributed by atoms with Gasteiger partial charge in [-0.05, 0) is 35.0 Å². The number of fused-ring (bicyclic) bond motifs is 1. The molecule has 0 saturated carbocycles. The second-order valence-corrected chi connectivity index (χ2v) is 6.79. The molecule has 2 unspecified atom stereocenters. The average molecular weight is 326 g/mol. The first-order valence-corrected chi connectivity index (χ1v) is 8.77. The highest BCUT2D eigenvalue weighted by atomic mass is 32.2. The van der Waals surface area contributed by atoms with Crippen molar-refractivity contribution in [2.24, 2.45) is 0 Å². The molecule has 0 amide bonds. The minimum absolute atomic E-state index is 0.122. The van der Waals surface area contributed by atoms with Crippen molar-refractivity contribution in [3.63, 3.8) is 0 Å². The lowest BCUT2D eigenvalue weighted by Crippen LogP contribution is -2.24. The molecular weight excluding hydrogens is 308 g/mol. The van der Waals surface area contributed by atoms with Crippen molar-refractivity contribution in [2.75, 3.05) is 12.4 Å². The van der Waals surface area contributed by atoms with Gasteiger partial charge in [0.05, 0.1) is 22.7 Å².